The Hall–Kier alpha value is -2.17. The molecule has 1 unspecified atom stereocenters. The number of aromatic nitrogens is 2. The zero-order valence-electron chi connectivity index (χ0n) is 34.4. The number of aliphatic hydroxyl groups is 1. The van der Waals surface area contributed by atoms with Crippen LogP contribution in [0.5, 0.6) is 0 Å². The summed E-state index contributed by atoms with van der Waals surface area (Å²) in [7, 11) is 1.29. The van der Waals surface area contributed by atoms with E-state index in [2.05, 4.69) is 107 Å². The van der Waals surface area contributed by atoms with Gasteiger partial charge in [0, 0.05) is 53.7 Å². The van der Waals surface area contributed by atoms with Gasteiger partial charge >= 0.3 is 66.2 Å². The first-order valence-corrected chi connectivity index (χ1v) is 18.6. The van der Waals surface area contributed by atoms with Crippen molar-refractivity contribution in [3.8, 4) is 11.1 Å². The molecular formula is C43H47BBrN2Na2O7PPd. The fourth-order valence-electron chi connectivity index (χ4n) is 4.52. The van der Waals surface area contributed by atoms with Gasteiger partial charge in [-0.15, -0.1) is 9.24 Å². The van der Waals surface area contributed by atoms with Gasteiger partial charge in [-0.05, 0) is 85.1 Å². The maximum atomic E-state index is 8.64. The molecule has 2 heterocycles. The van der Waals surface area contributed by atoms with Gasteiger partial charge in [-0.25, -0.2) is 0 Å². The van der Waals surface area contributed by atoms with Crippen LogP contribution in [-0.2, 0) is 34.8 Å². The van der Waals surface area contributed by atoms with Crippen LogP contribution in [0.2, 0.25) is 0 Å². The first-order valence-electron chi connectivity index (χ1n) is 17.2. The minimum Gasteiger partial charge on any atom is -1.00 e. The van der Waals surface area contributed by atoms with Crippen molar-refractivity contribution >= 4 is 71.3 Å². The second-order valence-corrected chi connectivity index (χ2v) is 12.9. The monoisotopic (exact) mass is 976 g/mol. The van der Waals surface area contributed by atoms with E-state index in [1.165, 1.54) is 27.2 Å². The van der Waals surface area contributed by atoms with E-state index in [1.807, 2.05) is 81.4 Å². The van der Waals surface area contributed by atoms with Crippen LogP contribution in [0.1, 0.15) is 19.7 Å². The van der Waals surface area contributed by atoms with Gasteiger partial charge in [0.2, 0.25) is 0 Å². The number of carbonyl (C=O) groups excluding carboxylic acids is 1. The number of rotatable bonds is 6. The molecule has 15 heteroatoms. The summed E-state index contributed by atoms with van der Waals surface area (Å²) in [5, 5.41) is 37.3. The van der Waals surface area contributed by atoms with E-state index in [0.29, 0.717) is 18.7 Å². The molecule has 0 saturated heterocycles. The molecule has 1 atom stereocenters. The molecule has 298 valence electrons. The minimum absolute atomic E-state index is 0. The molecule has 0 bridgehead atoms. The van der Waals surface area contributed by atoms with E-state index in [9.17, 15) is 0 Å². The first kappa shape index (κ1) is 57.9. The molecule has 0 radical (unpaired) electrons. The largest absolute Gasteiger partial charge is 1.00 e. The summed E-state index contributed by atoms with van der Waals surface area (Å²) in [5.74, 6) is 0. The van der Waals surface area contributed by atoms with Crippen LogP contribution in [-0.4, -0.2) is 58.5 Å². The summed E-state index contributed by atoms with van der Waals surface area (Å²) >= 11 is 3.42. The number of aryl methyl sites for hydroxylation is 2. The molecule has 0 spiro atoms. The summed E-state index contributed by atoms with van der Waals surface area (Å²) < 4.78 is 5.83. The van der Waals surface area contributed by atoms with Crippen molar-refractivity contribution < 1.29 is 116 Å². The third-order valence-corrected chi connectivity index (χ3v) is 7.98. The average Bonchev–Trinajstić information content (AvgIpc) is 3.22. The predicted octanol–water partition coefficient (Wildman–Crippen LogP) is 0.637. The van der Waals surface area contributed by atoms with Gasteiger partial charge in [0.05, 0.1) is 24.2 Å². The molecule has 0 amide bonds. The average molecular weight is 978 g/mol. The molecule has 9 nitrogen and oxygen atoms in total. The number of halogens is 1. The van der Waals surface area contributed by atoms with Gasteiger partial charge in [0.15, 0.2) is 0 Å². The SMILES string of the molecule is CCOCCO.Cc1ccc2cc(-c3ccccc3)ccc2n1.Cc1ccc2cc(Br)ccc2n1.O=CO[O-].OB(O)c1ccccc1.Pc1ccccc1.[H-].[Na+].[Na+].[Pd]. The Labute approximate surface area is 412 Å². The van der Waals surface area contributed by atoms with Crippen molar-refractivity contribution in [1.82, 2.24) is 9.97 Å². The van der Waals surface area contributed by atoms with E-state index < -0.39 is 7.12 Å². The normalized spacial score (nSPS) is 9.05. The topological polar surface area (TPSA) is 145 Å². The Morgan fingerprint density at radius 2 is 1.19 bits per heavy atom. The zero-order valence-corrected chi connectivity index (χ0v) is 41.6. The Kier molecular flexibility index (Phi) is 35.5. The smallest absolute Gasteiger partial charge is 1.00 e. The molecule has 58 heavy (non-hydrogen) atoms. The van der Waals surface area contributed by atoms with Crippen LogP contribution in [0, 0.1) is 13.8 Å². The summed E-state index contributed by atoms with van der Waals surface area (Å²) in [6, 6.07) is 50.0. The zero-order chi connectivity index (χ0) is 40.3. The molecular weight excluding hydrogens is 931 g/mol. The molecule has 3 N–H and O–H groups in total. The van der Waals surface area contributed by atoms with Crippen LogP contribution >= 0.6 is 25.2 Å². The summed E-state index contributed by atoms with van der Waals surface area (Å²) in [5.41, 5.74) is 7.24. The van der Waals surface area contributed by atoms with Gasteiger partial charge in [-0.3, -0.25) is 14.8 Å². The third-order valence-electron chi connectivity index (χ3n) is 7.10. The molecule has 0 fully saturated rings. The molecule has 0 aliphatic rings. The van der Waals surface area contributed by atoms with Crippen LogP contribution in [0.25, 0.3) is 32.9 Å². The molecule has 7 aromatic rings. The Bertz CT molecular complexity index is 2060. The Morgan fingerprint density at radius 3 is 1.59 bits per heavy atom. The standard InChI is InChI=1S/C16H13N.C10H8BrN.C6H7BO2.C6H7P.C4H10O2.CH2O3.2Na.Pd.H/c1-12-7-8-15-11-14(9-10-16(15)17-12)13-5-3-2-4-6-13;1-7-2-3-8-6-9(11)4-5-10(8)12-7;8-7(9)6-4-2-1-3-5-6;7-6-4-2-1-3-5-6;1-2-6-4-3-5;2-1-4-3;;;;/h2-11H,1H3;2-6H,1H3;1-5,8-9H;1-5H,7H2;5H,2-4H2,1H3;1,3H;;;;/q;;;;;;2*+1;;-1/p-1. The van der Waals surface area contributed by atoms with E-state index in [4.69, 9.17) is 29.9 Å². The van der Waals surface area contributed by atoms with Crippen molar-refractivity contribution in [3.05, 3.63) is 168 Å². The second kappa shape index (κ2) is 35.6. The number of pyridine rings is 2. The Balaban J connectivity index is -0.000000668. The van der Waals surface area contributed by atoms with Crippen LogP contribution in [0.15, 0.2) is 156 Å². The molecule has 0 aliphatic heterocycles. The molecule has 0 saturated carbocycles. The summed E-state index contributed by atoms with van der Waals surface area (Å²) in [6.07, 6.45) is 0. The van der Waals surface area contributed by atoms with Gasteiger partial charge < -0.3 is 31.5 Å². The van der Waals surface area contributed by atoms with E-state index in [-0.39, 0.29) is 94.0 Å². The fourth-order valence-corrected chi connectivity index (χ4v) is 5.12. The second-order valence-electron chi connectivity index (χ2n) is 11.3. The molecule has 7 rings (SSSR count). The third kappa shape index (κ3) is 24.8. The van der Waals surface area contributed by atoms with Gasteiger partial charge in [-0.2, -0.15) is 0 Å². The maximum absolute atomic E-state index is 8.64. The van der Waals surface area contributed by atoms with Crippen molar-refractivity contribution in [2.24, 2.45) is 0 Å². The van der Waals surface area contributed by atoms with Crippen molar-refractivity contribution in [3.63, 3.8) is 0 Å². The number of hydrogen-bond donors (Lipinski definition) is 3. The fraction of sp³-hybridized carbons (Fsp3) is 0.140. The van der Waals surface area contributed by atoms with Gasteiger partial charge in [0.25, 0.3) is 6.47 Å². The van der Waals surface area contributed by atoms with Gasteiger partial charge in [0.1, 0.15) is 0 Å². The first-order chi connectivity index (χ1) is 26.6. The number of carbonyl (C=O) groups is 1. The Morgan fingerprint density at radius 1 is 0.724 bits per heavy atom. The van der Waals surface area contributed by atoms with Crippen molar-refractivity contribution in [2.75, 3.05) is 19.8 Å². The number of fused-ring (bicyclic) bond motifs is 2. The summed E-state index contributed by atoms with van der Waals surface area (Å²) in [4.78, 5) is 20.2. The predicted molar refractivity (Wildman–Crippen MR) is 230 cm³/mol. The van der Waals surface area contributed by atoms with E-state index in [1.54, 1.807) is 24.3 Å². The number of ether oxygens (including phenoxy) is 1. The van der Waals surface area contributed by atoms with Crippen LogP contribution < -0.4 is 75.1 Å². The summed E-state index contributed by atoms with van der Waals surface area (Å²) in [6.45, 7) is 7.03. The molecule has 0 aliphatic carbocycles. The maximum Gasteiger partial charge on any atom is 1.00 e. The van der Waals surface area contributed by atoms with E-state index >= 15 is 0 Å². The number of hydrogen-bond acceptors (Lipinski definition) is 9. The molecule has 2 aromatic heterocycles. The quantitative estimate of drug-likeness (QED) is 0.0547. The molecule has 5 aromatic carbocycles. The van der Waals surface area contributed by atoms with E-state index in [0.717, 1.165) is 26.9 Å². The van der Waals surface area contributed by atoms with Crippen molar-refractivity contribution in [1.29, 1.82) is 0 Å². The van der Waals surface area contributed by atoms with Crippen LogP contribution in [0.3, 0.4) is 0 Å². The number of benzene rings is 5. The number of nitrogens with zero attached hydrogens (tertiary/aromatic N) is 2. The van der Waals surface area contributed by atoms with Crippen molar-refractivity contribution in [2.45, 2.75) is 20.8 Å². The number of aliphatic hydroxyl groups excluding tert-OH is 1. The minimum atomic E-state index is -1.34. The van der Waals surface area contributed by atoms with Crippen LogP contribution in [0.4, 0.5) is 0 Å². The van der Waals surface area contributed by atoms with Gasteiger partial charge in [-0.1, -0.05) is 125 Å².